The Morgan fingerprint density at radius 3 is 2.70 bits per heavy atom. The third-order valence-corrected chi connectivity index (χ3v) is 5.51. The molecule has 3 heterocycles. The Labute approximate surface area is 173 Å². The number of benzene rings is 1. The van der Waals surface area contributed by atoms with Crippen LogP contribution in [0.15, 0.2) is 45.9 Å². The van der Waals surface area contributed by atoms with Crippen molar-refractivity contribution in [3.8, 4) is 0 Å². The summed E-state index contributed by atoms with van der Waals surface area (Å²) in [6, 6.07) is 9.96. The van der Waals surface area contributed by atoms with Crippen molar-refractivity contribution in [2.45, 2.75) is 38.6 Å². The van der Waals surface area contributed by atoms with Gasteiger partial charge in [0.25, 0.3) is 11.5 Å². The summed E-state index contributed by atoms with van der Waals surface area (Å²) in [4.78, 5) is 45.7. The molecule has 4 rings (SSSR count). The van der Waals surface area contributed by atoms with Crippen LogP contribution in [0.1, 0.15) is 40.9 Å². The molecule has 30 heavy (non-hydrogen) atoms. The highest BCUT2D eigenvalue weighted by Gasteiger charge is 2.29. The number of H-pyrrole nitrogens is 1. The highest BCUT2D eigenvalue weighted by atomic mass is 16.3. The number of hydrogen-bond donors (Lipinski definition) is 2. The fourth-order valence-corrected chi connectivity index (χ4v) is 3.90. The van der Waals surface area contributed by atoms with E-state index in [1.165, 1.54) is 6.33 Å². The molecule has 2 aromatic heterocycles. The van der Waals surface area contributed by atoms with Crippen molar-refractivity contribution < 1.29 is 14.0 Å². The molecule has 0 radical (unpaired) electrons. The first-order valence-corrected chi connectivity index (χ1v) is 10.1. The van der Waals surface area contributed by atoms with Gasteiger partial charge in [0.2, 0.25) is 11.6 Å². The molecule has 1 aliphatic heterocycles. The number of nitrogens with one attached hydrogen (secondary N) is 2. The minimum atomic E-state index is -0.388. The summed E-state index contributed by atoms with van der Waals surface area (Å²) in [6.45, 7) is 2.67. The van der Waals surface area contributed by atoms with E-state index < -0.39 is 0 Å². The number of piperidine rings is 1. The van der Waals surface area contributed by atoms with Crippen LogP contribution >= 0.6 is 0 Å². The minimum absolute atomic E-state index is 0.0258. The first-order chi connectivity index (χ1) is 14.5. The van der Waals surface area contributed by atoms with E-state index in [-0.39, 0.29) is 40.1 Å². The quantitative estimate of drug-likeness (QED) is 0.673. The lowest BCUT2D eigenvalue weighted by atomic mass is 10.0. The molecule has 0 atom stereocenters. The van der Waals surface area contributed by atoms with Gasteiger partial charge in [0.1, 0.15) is 11.1 Å². The summed E-state index contributed by atoms with van der Waals surface area (Å²) in [6.07, 6.45) is 3.75. The number of carbonyl (C=O) groups is 2. The lowest BCUT2D eigenvalue weighted by Crippen LogP contribution is -2.46. The number of hydrogen-bond acceptors (Lipinski definition) is 5. The van der Waals surface area contributed by atoms with E-state index in [9.17, 15) is 14.4 Å². The van der Waals surface area contributed by atoms with E-state index in [0.717, 1.165) is 5.56 Å². The van der Waals surface area contributed by atoms with Crippen LogP contribution in [-0.2, 0) is 11.2 Å². The highest BCUT2D eigenvalue weighted by molar-refractivity contribution is 6.06. The Morgan fingerprint density at radius 2 is 1.97 bits per heavy atom. The first-order valence-electron chi connectivity index (χ1n) is 10.1. The SMILES string of the molecule is Cc1oc2nc[nH]c(=O)c2c1C(=O)N1CCC(NC(=O)CCc2ccccc2)CC1. The number of aromatic amines is 1. The van der Waals surface area contributed by atoms with Gasteiger partial charge in [-0.05, 0) is 31.7 Å². The standard InChI is InChI=1S/C22H24N4O4/c1-14-18(19-20(28)23-13-24-21(19)30-14)22(29)26-11-9-16(10-12-26)25-17(27)8-7-15-5-3-2-4-6-15/h2-6,13,16H,7-12H2,1H3,(H,25,27)(H,23,24,28). The normalized spacial score (nSPS) is 14.8. The summed E-state index contributed by atoms with van der Waals surface area (Å²) < 4.78 is 5.49. The summed E-state index contributed by atoms with van der Waals surface area (Å²) >= 11 is 0. The van der Waals surface area contributed by atoms with Gasteiger partial charge in [0.15, 0.2) is 0 Å². The van der Waals surface area contributed by atoms with Crippen LogP contribution in [0.3, 0.4) is 0 Å². The molecule has 1 aliphatic rings. The molecule has 156 valence electrons. The number of furan rings is 1. The van der Waals surface area contributed by atoms with E-state index in [2.05, 4.69) is 15.3 Å². The largest absolute Gasteiger partial charge is 0.442 e. The smallest absolute Gasteiger partial charge is 0.262 e. The molecule has 8 nitrogen and oxygen atoms in total. The Morgan fingerprint density at radius 1 is 1.23 bits per heavy atom. The molecular weight excluding hydrogens is 384 g/mol. The second-order valence-electron chi connectivity index (χ2n) is 7.56. The van der Waals surface area contributed by atoms with Gasteiger partial charge in [0, 0.05) is 25.6 Å². The molecule has 2 N–H and O–H groups in total. The minimum Gasteiger partial charge on any atom is -0.442 e. The average Bonchev–Trinajstić information content (AvgIpc) is 3.10. The average molecular weight is 408 g/mol. The number of rotatable bonds is 5. The van der Waals surface area contributed by atoms with Crippen molar-refractivity contribution in [1.29, 1.82) is 0 Å². The molecule has 8 heteroatoms. The maximum atomic E-state index is 13.0. The molecular formula is C22H24N4O4. The van der Waals surface area contributed by atoms with E-state index in [1.54, 1.807) is 11.8 Å². The first kappa shape index (κ1) is 19.9. The fraction of sp³-hybridized carbons (Fsp3) is 0.364. The van der Waals surface area contributed by atoms with Crippen molar-refractivity contribution in [1.82, 2.24) is 20.2 Å². The van der Waals surface area contributed by atoms with E-state index in [4.69, 9.17) is 4.42 Å². The lowest BCUT2D eigenvalue weighted by Gasteiger charge is -2.32. The molecule has 1 saturated heterocycles. The van der Waals surface area contributed by atoms with Gasteiger partial charge >= 0.3 is 0 Å². The lowest BCUT2D eigenvalue weighted by molar-refractivity contribution is -0.122. The molecule has 0 saturated carbocycles. The third kappa shape index (κ3) is 4.12. The second kappa shape index (κ2) is 8.52. The number of likely N-dealkylation sites (tertiary alicyclic amines) is 1. The number of amides is 2. The fourth-order valence-electron chi connectivity index (χ4n) is 3.90. The van der Waals surface area contributed by atoms with Gasteiger partial charge in [-0.15, -0.1) is 0 Å². The Kier molecular flexibility index (Phi) is 5.65. The van der Waals surface area contributed by atoms with E-state index in [1.807, 2.05) is 30.3 Å². The van der Waals surface area contributed by atoms with Crippen molar-refractivity contribution in [3.63, 3.8) is 0 Å². The number of nitrogens with zero attached hydrogens (tertiary/aromatic N) is 2. The molecule has 1 aromatic carbocycles. The maximum Gasteiger partial charge on any atom is 0.262 e. The number of aryl methyl sites for hydroxylation is 2. The van der Waals surface area contributed by atoms with Crippen molar-refractivity contribution in [2.75, 3.05) is 13.1 Å². The van der Waals surface area contributed by atoms with Crippen molar-refractivity contribution in [3.05, 3.63) is 63.9 Å². The molecule has 2 amide bonds. The van der Waals surface area contributed by atoms with Crippen LogP contribution in [0.25, 0.3) is 11.1 Å². The molecule has 0 bridgehead atoms. The zero-order valence-electron chi connectivity index (χ0n) is 16.8. The Hall–Kier alpha value is -3.42. The highest BCUT2D eigenvalue weighted by Crippen LogP contribution is 2.24. The van der Waals surface area contributed by atoms with Crippen molar-refractivity contribution >= 4 is 22.9 Å². The van der Waals surface area contributed by atoms with Crippen LogP contribution in [0.5, 0.6) is 0 Å². The maximum absolute atomic E-state index is 13.0. The van der Waals surface area contributed by atoms with Crippen molar-refractivity contribution in [2.24, 2.45) is 0 Å². The monoisotopic (exact) mass is 408 g/mol. The van der Waals surface area contributed by atoms with Gasteiger partial charge in [-0.3, -0.25) is 14.4 Å². The summed E-state index contributed by atoms with van der Waals surface area (Å²) in [5, 5.41) is 3.26. The predicted molar refractivity (Wildman–Crippen MR) is 111 cm³/mol. The Balaban J connectivity index is 1.34. The third-order valence-electron chi connectivity index (χ3n) is 5.51. The number of carbonyl (C=O) groups excluding carboxylic acids is 2. The van der Waals surface area contributed by atoms with Crippen LogP contribution in [0, 0.1) is 6.92 Å². The van der Waals surface area contributed by atoms with Crippen LogP contribution in [-0.4, -0.2) is 45.8 Å². The van der Waals surface area contributed by atoms with E-state index >= 15 is 0 Å². The summed E-state index contributed by atoms with van der Waals surface area (Å²) in [7, 11) is 0. The van der Waals surface area contributed by atoms with E-state index in [0.29, 0.717) is 44.5 Å². The topological polar surface area (TPSA) is 108 Å². The second-order valence-corrected chi connectivity index (χ2v) is 7.56. The van der Waals surface area contributed by atoms with Crippen LogP contribution in [0.2, 0.25) is 0 Å². The Bertz CT molecular complexity index is 1110. The van der Waals surface area contributed by atoms with Crippen LogP contribution < -0.4 is 10.9 Å². The zero-order chi connectivity index (χ0) is 21.1. The predicted octanol–water partition coefficient (Wildman–Crippen LogP) is 2.18. The number of fused-ring (bicyclic) bond motifs is 1. The van der Waals surface area contributed by atoms with Gasteiger partial charge in [0.05, 0.1) is 11.9 Å². The molecule has 0 unspecified atom stereocenters. The molecule has 0 aliphatic carbocycles. The molecule has 3 aromatic rings. The summed E-state index contributed by atoms with van der Waals surface area (Å²) in [5.41, 5.74) is 1.19. The van der Waals surface area contributed by atoms with Crippen LogP contribution in [0.4, 0.5) is 0 Å². The summed E-state index contributed by atoms with van der Waals surface area (Å²) in [5.74, 6) is 0.173. The number of aromatic nitrogens is 2. The van der Waals surface area contributed by atoms with Gasteiger partial charge in [-0.2, -0.15) is 0 Å². The van der Waals surface area contributed by atoms with Gasteiger partial charge in [-0.25, -0.2) is 4.98 Å². The molecule has 1 fully saturated rings. The molecule has 0 spiro atoms. The zero-order valence-corrected chi connectivity index (χ0v) is 16.8. The van der Waals surface area contributed by atoms with Gasteiger partial charge < -0.3 is 19.6 Å². The van der Waals surface area contributed by atoms with Gasteiger partial charge in [-0.1, -0.05) is 30.3 Å².